The zero-order valence-corrected chi connectivity index (χ0v) is 15.2. The van der Waals surface area contributed by atoms with Crippen LogP contribution in [0.3, 0.4) is 0 Å². The van der Waals surface area contributed by atoms with E-state index in [1.54, 1.807) is 6.20 Å². The first-order valence-corrected chi connectivity index (χ1v) is 9.55. The van der Waals surface area contributed by atoms with Gasteiger partial charge in [-0.05, 0) is 50.9 Å². The molecule has 0 aliphatic carbocycles. The standard InChI is InChI=1S/C18H22N4O2S/c1-10-17(12-3-5-22(10)6-4-12)21-18(24)14-8-15-13(9-19-14)7-16(25-15)20-11(2)23/h7-10,12,17H,3-6H2,1-2H3,(H,20,23)(H,21,24). The largest absolute Gasteiger partial charge is 0.346 e. The van der Waals surface area contributed by atoms with Crippen molar-refractivity contribution in [3.05, 3.63) is 24.0 Å². The molecule has 0 saturated carbocycles. The Morgan fingerprint density at radius 3 is 2.72 bits per heavy atom. The van der Waals surface area contributed by atoms with Gasteiger partial charge in [-0.1, -0.05) is 0 Å². The van der Waals surface area contributed by atoms with Gasteiger partial charge < -0.3 is 10.6 Å². The molecule has 2 N–H and O–H groups in total. The number of carbonyl (C=O) groups excluding carboxylic acids is 2. The van der Waals surface area contributed by atoms with Gasteiger partial charge in [-0.15, -0.1) is 11.3 Å². The number of thiophene rings is 1. The van der Waals surface area contributed by atoms with E-state index in [4.69, 9.17) is 0 Å². The van der Waals surface area contributed by atoms with Crippen LogP contribution >= 0.6 is 11.3 Å². The zero-order valence-electron chi connectivity index (χ0n) is 14.4. The normalized spacial score (nSPS) is 28.1. The molecule has 3 saturated heterocycles. The van der Waals surface area contributed by atoms with Crippen LogP contribution < -0.4 is 10.6 Å². The van der Waals surface area contributed by atoms with Crippen molar-refractivity contribution in [2.75, 3.05) is 18.4 Å². The Morgan fingerprint density at radius 2 is 2.04 bits per heavy atom. The van der Waals surface area contributed by atoms with Gasteiger partial charge in [-0.3, -0.25) is 19.5 Å². The predicted molar refractivity (Wildman–Crippen MR) is 98.9 cm³/mol. The summed E-state index contributed by atoms with van der Waals surface area (Å²) < 4.78 is 0.950. The Kier molecular flexibility index (Phi) is 4.21. The molecule has 2 aromatic heterocycles. The van der Waals surface area contributed by atoms with Gasteiger partial charge in [0.1, 0.15) is 5.69 Å². The van der Waals surface area contributed by atoms with Crippen molar-refractivity contribution in [2.45, 2.75) is 38.8 Å². The summed E-state index contributed by atoms with van der Waals surface area (Å²) in [6.07, 6.45) is 4.02. The lowest BCUT2D eigenvalue weighted by atomic mass is 9.79. The number of piperidine rings is 3. The van der Waals surface area contributed by atoms with Gasteiger partial charge in [-0.2, -0.15) is 0 Å². The van der Waals surface area contributed by atoms with E-state index < -0.39 is 0 Å². The molecule has 132 valence electrons. The van der Waals surface area contributed by atoms with Crippen molar-refractivity contribution in [3.63, 3.8) is 0 Å². The number of nitrogens with zero attached hydrogens (tertiary/aromatic N) is 2. The summed E-state index contributed by atoms with van der Waals surface area (Å²) in [6, 6.07) is 4.28. The number of rotatable bonds is 3. The van der Waals surface area contributed by atoms with E-state index in [0.29, 0.717) is 17.7 Å². The summed E-state index contributed by atoms with van der Waals surface area (Å²) >= 11 is 1.46. The summed E-state index contributed by atoms with van der Waals surface area (Å²) in [6.45, 7) is 5.97. The van der Waals surface area contributed by atoms with E-state index in [1.165, 1.54) is 18.3 Å². The highest BCUT2D eigenvalue weighted by atomic mass is 32.1. The minimum absolute atomic E-state index is 0.103. The number of anilines is 1. The molecular weight excluding hydrogens is 336 g/mol. The minimum atomic E-state index is -0.109. The lowest BCUT2D eigenvalue weighted by Crippen LogP contribution is -2.62. The Hall–Kier alpha value is -1.99. The van der Waals surface area contributed by atoms with Crippen molar-refractivity contribution in [1.82, 2.24) is 15.2 Å². The highest BCUT2D eigenvalue weighted by Crippen LogP contribution is 2.33. The number of carbonyl (C=O) groups is 2. The van der Waals surface area contributed by atoms with Crippen LogP contribution in [-0.4, -0.2) is 46.9 Å². The third-order valence-electron chi connectivity index (χ3n) is 5.41. The fraction of sp³-hybridized carbons (Fsp3) is 0.500. The predicted octanol–water partition coefficient (Wildman–Crippen LogP) is 2.47. The van der Waals surface area contributed by atoms with Gasteiger partial charge in [0.2, 0.25) is 5.91 Å². The Balaban J connectivity index is 1.52. The maximum Gasteiger partial charge on any atom is 0.270 e. The number of pyridine rings is 1. The van der Waals surface area contributed by atoms with Crippen LogP contribution in [-0.2, 0) is 4.79 Å². The Labute approximate surface area is 150 Å². The van der Waals surface area contributed by atoms with Crippen LogP contribution in [0.2, 0.25) is 0 Å². The average molecular weight is 358 g/mol. The van der Waals surface area contributed by atoms with Crippen LogP contribution in [0.1, 0.15) is 37.2 Å². The van der Waals surface area contributed by atoms with E-state index in [-0.39, 0.29) is 17.9 Å². The van der Waals surface area contributed by atoms with Crippen LogP contribution in [0.4, 0.5) is 5.00 Å². The van der Waals surface area contributed by atoms with Gasteiger partial charge in [0.05, 0.1) is 5.00 Å². The molecule has 2 unspecified atom stereocenters. The molecular formula is C18H22N4O2S. The molecule has 0 radical (unpaired) electrons. The molecule has 5 rings (SSSR count). The van der Waals surface area contributed by atoms with Crippen molar-refractivity contribution < 1.29 is 9.59 Å². The molecule has 5 heterocycles. The lowest BCUT2D eigenvalue weighted by Gasteiger charge is -2.49. The Morgan fingerprint density at radius 1 is 1.28 bits per heavy atom. The summed E-state index contributed by atoms with van der Waals surface area (Å²) in [5.74, 6) is 0.358. The summed E-state index contributed by atoms with van der Waals surface area (Å²) in [5, 5.41) is 7.69. The van der Waals surface area contributed by atoms with Crippen LogP contribution in [0.15, 0.2) is 18.3 Å². The maximum absolute atomic E-state index is 12.7. The van der Waals surface area contributed by atoms with Crippen molar-refractivity contribution in [1.29, 1.82) is 0 Å². The summed E-state index contributed by atoms with van der Waals surface area (Å²) in [4.78, 5) is 30.7. The van der Waals surface area contributed by atoms with E-state index in [9.17, 15) is 9.59 Å². The number of amides is 2. The second-order valence-electron chi connectivity index (χ2n) is 7.01. The molecule has 3 aliphatic rings. The molecule has 2 aromatic rings. The number of fused-ring (bicyclic) bond motifs is 4. The van der Waals surface area contributed by atoms with E-state index >= 15 is 0 Å². The monoisotopic (exact) mass is 358 g/mol. The molecule has 6 nitrogen and oxygen atoms in total. The lowest BCUT2D eigenvalue weighted by molar-refractivity contribution is -0.114. The zero-order chi connectivity index (χ0) is 17.6. The molecule has 25 heavy (non-hydrogen) atoms. The molecule has 7 heteroatoms. The SMILES string of the molecule is CC(=O)Nc1cc2cnc(C(=O)NC3C4CCN(CC4)C3C)cc2s1. The number of hydrogen-bond acceptors (Lipinski definition) is 5. The van der Waals surface area contributed by atoms with Gasteiger partial charge >= 0.3 is 0 Å². The summed E-state index contributed by atoms with van der Waals surface area (Å²) in [7, 11) is 0. The van der Waals surface area contributed by atoms with Crippen LogP contribution in [0.5, 0.6) is 0 Å². The van der Waals surface area contributed by atoms with Gasteiger partial charge in [0, 0.05) is 35.3 Å². The third kappa shape index (κ3) is 3.14. The third-order valence-corrected chi connectivity index (χ3v) is 6.42. The number of hydrogen-bond donors (Lipinski definition) is 2. The molecule has 0 spiro atoms. The van der Waals surface area contributed by atoms with Gasteiger partial charge in [-0.25, -0.2) is 0 Å². The van der Waals surface area contributed by atoms with Crippen molar-refractivity contribution in [3.8, 4) is 0 Å². The second kappa shape index (κ2) is 6.38. The van der Waals surface area contributed by atoms with Crippen molar-refractivity contribution in [2.24, 2.45) is 5.92 Å². The highest BCUT2D eigenvalue weighted by molar-refractivity contribution is 7.23. The molecule has 3 fully saturated rings. The van der Waals surface area contributed by atoms with Gasteiger partial charge in [0.15, 0.2) is 0 Å². The number of nitrogens with one attached hydrogen (secondary N) is 2. The molecule has 2 atom stereocenters. The fourth-order valence-corrected chi connectivity index (χ4v) is 5.08. The van der Waals surface area contributed by atoms with Gasteiger partial charge in [0.25, 0.3) is 5.91 Å². The molecule has 0 aromatic carbocycles. The van der Waals surface area contributed by atoms with E-state index in [0.717, 1.165) is 41.0 Å². The minimum Gasteiger partial charge on any atom is -0.346 e. The van der Waals surface area contributed by atoms with E-state index in [1.807, 2.05) is 12.1 Å². The fourth-order valence-electron chi connectivity index (χ4n) is 4.06. The Bertz CT molecular complexity index is 824. The highest BCUT2D eigenvalue weighted by Gasteiger charge is 2.40. The first kappa shape index (κ1) is 16.5. The molecule has 3 aliphatic heterocycles. The molecule has 2 amide bonds. The molecule has 2 bridgehead atoms. The smallest absolute Gasteiger partial charge is 0.270 e. The first-order chi connectivity index (χ1) is 12.0. The second-order valence-corrected chi connectivity index (χ2v) is 8.10. The topological polar surface area (TPSA) is 74.3 Å². The summed E-state index contributed by atoms with van der Waals surface area (Å²) in [5.41, 5.74) is 0.437. The first-order valence-electron chi connectivity index (χ1n) is 8.73. The van der Waals surface area contributed by atoms with Crippen LogP contribution in [0, 0.1) is 5.92 Å². The van der Waals surface area contributed by atoms with E-state index in [2.05, 4.69) is 27.4 Å². The van der Waals surface area contributed by atoms with Crippen molar-refractivity contribution >= 4 is 38.2 Å². The average Bonchev–Trinajstić information content (AvgIpc) is 2.98. The quantitative estimate of drug-likeness (QED) is 0.884. The number of aromatic nitrogens is 1. The maximum atomic E-state index is 12.7. The van der Waals surface area contributed by atoms with Crippen LogP contribution in [0.25, 0.3) is 10.1 Å².